The molecule has 0 atom stereocenters. The molecule has 0 saturated carbocycles. The normalized spacial score (nSPS) is 11.2. The van der Waals surface area contributed by atoms with E-state index in [-0.39, 0.29) is 0 Å². The Morgan fingerprint density at radius 3 is 2.25 bits per heavy atom. The maximum absolute atomic E-state index is 9.57. The van der Waals surface area contributed by atoms with Crippen LogP contribution in [-0.4, -0.2) is 0 Å². The van der Waals surface area contributed by atoms with Crippen LogP contribution in [0.2, 0.25) is 10.0 Å². The van der Waals surface area contributed by atoms with Gasteiger partial charge in [-0.1, -0.05) is 53.5 Å². The van der Waals surface area contributed by atoms with Crippen molar-refractivity contribution in [1.29, 1.82) is 5.26 Å². The largest absolute Gasteiger partial charge is 0.487 e. The number of benzene rings is 3. The van der Waals surface area contributed by atoms with E-state index in [1.165, 1.54) is 0 Å². The molecule has 6 heteroatoms. The second-order valence-electron chi connectivity index (χ2n) is 5.88. The number of hydrogen-bond donors (Lipinski definition) is 0. The van der Waals surface area contributed by atoms with Gasteiger partial charge in [0.25, 0.3) is 0 Å². The number of hydrogen-bond acceptors (Lipinski definition) is 2. The summed E-state index contributed by atoms with van der Waals surface area (Å²) >= 11 is 16.7. The third-order valence-corrected chi connectivity index (χ3v) is 6.10. The van der Waals surface area contributed by atoms with Crippen LogP contribution < -0.4 is 4.74 Å². The van der Waals surface area contributed by atoms with Crippen molar-refractivity contribution in [1.82, 2.24) is 0 Å². The Kier molecular flexibility index (Phi) is 7.63. The first-order valence-corrected chi connectivity index (χ1v) is 11.1. The second kappa shape index (κ2) is 9.97. The SMILES string of the molecule is N#CC(=Cc1cc(I)c(OCc2ccc(Cl)cc2)c(I)c1)c1ccccc1Cl. The van der Waals surface area contributed by atoms with Crippen LogP contribution in [0.1, 0.15) is 16.7 Å². The van der Waals surface area contributed by atoms with Gasteiger partial charge < -0.3 is 4.74 Å². The molecule has 28 heavy (non-hydrogen) atoms. The van der Waals surface area contributed by atoms with Gasteiger partial charge in [-0.05, 0) is 92.7 Å². The fourth-order valence-corrected chi connectivity index (χ4v) is 5.04. The van der Waals surface area contributed by atoms with Gasteiger partial charge in [0.15, 0.2) is 0 Å². The molecular formula is C22H13Cl2I2NO. The smallest absolute Gasteiger partial charge is 0.146 e. The van der Waals surface area contributed by atoms with Gasteiger partial charge in [-0.2, -0.15) is 5.26 Å². The van der Waals surface area contributed by atoms with Crippen LogP contribution in [-0.2, 0) is 6.61 Å². The van der Waals surface area contributed by atoms with Crippen molar-refractivity contribution in [3.8, 4) is 11.8 Å². The van der Waals surface area contributed by atoms with Gasteiger partial charge in [0.1, 0.15) is 12.4 Å². The van der Waals surface area contributed by atoms with Gasteiger partial charge in [-0.3, -0.25) is 0 Å². The number of rotatable bonds is 5. The highest BCUT2D eigenvalue weighted by Crippen LogP contribution is 2.32. The van der Waals surface area contributed by atoms with E-state index in [0.29, 0.717) is 22.2 Å². The molecule has 0 unspecified atom stereocenters. The summed E-state index contributed by atoms with van der Waals surface area (Å²) in [5, 5.41) is 10.8. The molecule has 140 valence electrons. The lowest BCUT2D eigenvalue weighted by Gasteiger charge is -2.12. The van der Waals surface area contributed by atoms with Crippen molar-refractivity contribution in [3.05, 3.63) is 94.5 Å². The molecule has 0 N–H and O–H groups in total. The fourth-order valence-electron chi connectivity index (χ4n) is 2.55. The van der Waals surface area contributed by atoms with Gasteiger partial charge in [0, 0.05) is 15.6 Å². The Bertz CT molecular complexity index is 1050. The quantitative estimate of drug-likeness (QED) is 0.163. The minimum Gasteiger partial charge on any atom is -0.487 e. The van der Waals surface area contributed by atoms with Crippen molar-refractivity contribution < 1.29 is 4.74 Å². The van der Waals surface area contributed by atoms with Crippen LogP contribution in [0.4, 0.5) is 0 Å². The van der Waals surface area contributed by atoms with E-state index in [1.807, 2.05) is 60.7 Å². The summed E-state index contributed by atoms with van der Waals surface area (Å²) in [4.78, 5) is 0. The van der Waals surface area contributed by atoms with E-state index in [1.54, 1.807) is 6.07 Å². The van der Waals surface area contributed by atoms with Crippen molar-refractivity contribution in [2.24, 2.45) is 0 Å². The number of ether oxygens (including phenoxy) is 1. The zero-order valence-electron chi connectivity index (χ0n) is 14.4. The summed E-state index contributed by atoms with van der Waals surface area (Å²) in [6, 6.07) is 21.2. The summed E-state index contributed by atoms with van der Waals surface area (Å²) in [5.41, 5.74) is 3.21. The van der Waals surface area contributed by atoms with Crippen LogP contribution in [0.25, 0.3) is 11.6 Å². The summed E-state index contributed by atoms with van der Waals surface area (Å²) in [6.45, 7) is 0.460. The molecular weight excluding hydrogens is 619 g/mol. The molecule has 0 aliphatic carbocycles. The van der Waals surface area contributed by atoms with Crippen LogP contribution in [0.5, 0.6) is 5.75 Å². The molecule has 0 amide bonds. The average molecular weight is 632 g/mol. The number of nitrogens with zero attached hydrogens (tertiary/aromatic N) is 1. The lowest BCUT2D eigenvalue weighted by molar-refractivity contribution is 0.302. The van der Waals surface area contributed by atoms with Crippen LogP contribution >= 0.6 is 68.4 Å². The lowest BCUT2D eigenvalue weighted by atomic mass is 10.0. The van der Waals surface area contributed by atoms with Gasteiger partial charge in [0.05, 0.1) is 18.8 Å². The lowest BCUT2D eigenvalue weighted by Crippen LogP contribution is -1.99. The number of nitriles is 1. The minimum absolute atomic E-state index is 0.460. The van der Waals surface area contributed by atoms with E-state index in [2.05, 4.69) is 51.3 Å². The standard InChI is InChI=1S/C22H13Cl2I2NO/c23-17-7-5-14(6-8-17)13-28-22-20(25)10-15(11-21(22)26)9-16(12-27)18-3-1-2-4-19(18)24/h1-11H,13H2. The highest BCUT2D eigenvalue weighted by Gasteiger charge is 2.11. The average Bonchev–Trinajstić information content (AvgIpc) is 2.67. The molecule has 0 spiro atoms. The first-order chi connectivity index (χ1) is 13.5. The topological polar surface area (TPSA) is 33.0 Å². The van der Waals surface area contributed by atoms with E-state index in [0.717, 1.165) is 29.6 Å². The highest BCUT2D eigenvalue weighted by atomic mass is 127. The van der Waals surface area contributed by atoms with Gasteiger partial charge in [-0.25, -0.2) is 0 Å². The van der Waals surface area contributed by atoms with Crippen molar-refractivity contribution in [2.75, 3.05) is 0 Å². The van der Waals surface area contributed by atoms with E-state index in [4.69, 9.17) is 27.9 Å². The van der Waals surface area contributed by atoms with Crippen molar-refractivity contribution >= 4 is 80.0 Å². The molecule has 2 nitrogen and oxygen atoms in total. The molecule has 0 aliphatic heterocycles. The van der Waals surface area contributed by atoms with Crippen LogP contribution in [0, 0.1) is 18.5 Å². The van der Waals surface area contributed by atoms with Gasteiger partial charge in [0.2, 0.25) is 0 Å². The fraction of sp³-hybridized carbons (Fsp3) is 0.0455. The zero-order valence-corrected chi connectivity index (χ0v) is 20.3. The van der Waals surface area contributed by atoms with Gasteiger partial charge >= 0.3 is 0 Å². The molecule has 3 aromatic rings. The highest BCUT2D eigenvalue weighted by molar-refractivity contribution is 14.1. The van der Waals surface area contributed by atoms with E-state index < -0.39 is 0 Å². The molecule has 0 saturated heterocycles. The monoisotopic (exact) mass is 631 g/mol. The Hall–Kier alpha value is -1.27. The Morgan fingerprint density at radius 2 is 1.64 bits per heavy atom. The van der Waals surface area contributed by atoms with Crippen molar-refractivity contribution in [3.63, 3.8) is 0 Å². The zero-order chi connectivity index (χ0) is 20.1. The number of halogens is 4. The maximum atomic E-state index is 9.57. The minimum atomic E-state index is 0.460. The molecule has 0 aliphatic rings. The number of allylic oxidation sites excluding steroid dienone is 1. The van der Waals surface area contributed by atoms with Crippen LogP contribution in [0.15, 0.2) is 60.7 Å². The predicted octanol–water partition coefficient (Wildman–Crippen LogP) is 7.85. The third-order valence-electron chi connectivity index (χ3n) is 3.91. The molecule has 0 radical (unpaired) electrons. The molecule has 0 fully saturated rings. The molecule has 0 aromatic heterocycles. The summed E-state index contributed by atoms with van der Waals surface area (Å²) < 4.78 is 7.97. The molecule has 0 bridgehead atoms. The summed E-state index contributed by atoms with van der Waals surface area (Å²) in [6.07, 6.45) is 1.84. The third kappa shape index (κ3) is 5.41. The Balaban J connectivity index is 1.86. The summed E-state index contributed by atoms with van der Waals surface area (Å²) in [5.74, 6) is 0.824. The summed E-state index contributed by atoms with van der Waals surface area (Å²) in [7, 11) is 0. The van der Waals surface area contributed by atoms with Crippen molar-refractivity contribution in [2.45, 2.75) is 6.61 Å². The first-order valence-electron chi connectivity index (χ1n) is 8.21. The molecule has 3 rings (SSSR count). The van der Waals surface area contributed by atoms with E-state index in [9.17, 15) is 5.26 Å². The molecule has 0 heterocycles. The first kappa shape index (κ1) is 21.4. The maximum Gasteiger partial charge on any atom is 0.146 e. The van der Waals surface area contributed by atoms with Gasteiger partial charge in [-0.15, -0.1) is 0 Å². The van der Waals surface area contributed by atoms with Crippen LogP contribution in [0.3, 0.4) is 0 Å². The van der Waals surface area contributed by atoms with E-state index >= 15 is 0 Å². The second-order valence-corrected chi connectivity index (χ2v) is 9.05. The predicted molar refractivity (Wildman–Crippen MR) is 133 cm³/mol. The Morgan fingerprint density at radius 1 is 1.00 bits per heavy atom. The molecule has 3 aromatic carbocycles. The Labute approximate surface area is 201 Å².